The van der Waals surface area contributed by atoms with Crippen LogP contribution in [0.15, 0.2) is 0 Å². The molecule has 0 aromatic rings. The highest BCUT2D eigenvalue weighted by Gasteiger charge is 2.23. The number of carboxylic acids is 1. The summed E-state index contributed by atoms with van der Waals surface area (Å²) in [7, 11) is -4.15. The van der Waals surface area contributed by atoms with Gasteiger partial charge < -0.3 is 10.8 Å². The smallest absolute Gasteiger partial charge is 0.322 e. The molecular formula is C4H9N3O5S. The molecule has 0 aliphatic carbocycles. The third kappa shape index (κ3) is 6.02. The van der Waals surface area contributed by atoms with Gasteiger partial charge in [0.25, 0.3) is 10.2 Å². The number of nitrogens with two attached hydrogens (primary N) is 2. The van der Waals surface area contributed by atoms with Crippen LogP contribution in [0.1, 0.15) is 6.42 Å². The van der Waals surface area contributed by atoms with E-state index in [1.165, 1.54) is 4.72 Å². The number of primary amides is 1. The molecule has 1 atom stereocenters. The molecule has 0 aliphatic heterocycles. The minimum Gasteiger partial charge on any atom is -0.480 e. The molecule has 0 unspecified atom stereocenters. The number of hydrogen-bond acceptors (Lipinski definition) is 4. The molecule has 0 saturated heterocycles. The van der Waals surface area contributed by atoms with E-state index in [2.05, 4.69) is 10.9 Å². The summed E-state index contributed by atoms with van der Waals surface area (Å²) < 4.78 is 22.3. The van der Waals surface area contributed by atoms with Gasteiger partial charge in [-0.15, -0.1) is 0 Å². The molecule has 0 radical (unpaired) electrons. The van der Waals surface area contributed by atoms with Crippen molar-refractivity contribution < 1.29 is 23.1 Å². The molecule has 6 N–H and O–H groups in total. The van der Waals surface area contributed by atoms with E-state index in [1.807, 2.05) is 0 Å². The molecule has 0 saturated carbocycles. The highest BCUT2D eigenvalue weighted by molar-refractivity contribution is 7.87. The molecule has 0 bridgehead atoms. The van der Waals surface area contributed by atoms with Gasteiger partial charge in [-0.25, -0.2) is 5.14 Å². The number of carbonyl (C=O) groups excluding carboxylic acids is 1. The van der Waals surface area contributed by atoms with Gasteiger partial charge in [-0.1, -0.05) is 0 Å². The van der Waals surface area contributed by atoms with Gasteiger partial charge in [-0.3, -0.25) is 9.59 Å². The van der Waals surface area contributed by atoms with Crippen molar-refractivity contribution in [2.75, 3.05) is 0 Å². The molecule has 0 aromatic carbocycles. The van der Waals surface area contributed by atoms with Crippen LogP contribution >= 0.6 is 0 Å². The van der Waals surface area contributed by atoms with Crippen LogP contribution < -0.4 is 15.6 Å². The van der Waals surface area contributed by atoms with E-state index in [-0.39, 0.29) is 0 Å². The van der Waals surface area contributed by atoms with E-state index in [1.54, 1.807) is 0 Å². The lowest BCUT2D eigenvalue weighted by atomic mass is 10.2. The zero-order chi connectivity index (χ0) is 10.6. The second-order valence-electron chi connectivity index (χ2n) is 2.22. The lowest BCUT2D eigenvalue weighted by Crippen LogP contribution is -2.45. The van der Waals surface area contributed by atoms with Gasteiger partial charge in [0.15, 0.2) is 0 Å². The SMILES string of the molecule is NC(=O)C[C@@H](NS(N)(=O)=O)C(=O)O. The number of nitrogens with one attached hydrogen (secondary N) is 1. The van der Waals surface area contributed by atoms with E-state index in [0.717, 1.165) is 0 Å². The third-order valence-electron chi connectivity index (χ3n) is 1.01. The number of hydrogen-bond donors (Lipinski definition) is 4. The topological polar surface area (TPSA) is 153 Å². The molecular weight excluding hydrogens is 202 g/mol. The highest BCUT2D eigenvalue weighted by atomic mass is 32.2. The van der Waals surface area contributed by atoms with Crippen molar-refractivity contribution in [3.05, 3.63) is 0 Å². The summed E-state index contributed by atoms with van der Waals surface area (Å²) in [5.41, 5.74) is 4.67. The molecule has 13 heavy (non-hydrogen) atoms. The van der Waals surface area contributed by atoms with Crippen molar-refractivity contribution in [3.63, 3.8) is 0 Å². The second kappa shape index (κ2) is 4.16. The molecule has 0 heterocycles. The summed E-state index contributed by atoms with van der Waals surface area (Å²) >= 11 is 0. The first kappa shape index (κ1) is 11.8. The fourth-order valence-corrected chi connectivity index (χ4v) is 1.16. The number of aliphatic carboxylic acids is 1. The third-order valence-corrected chi connectivity index (χ3v) is 1.62. The Kier molecular flexibility index (Phi) is 3.78. The van der Waals surface area contributed by atoms with Crippen LogP contribution in [0, 0.1) is 0 Å². The first-order valence-electron chi connectivity index (χ1n) is 3.03. The lowest BCUT2D eigenvalue weighted by Gasteiger charge is -2.09. The summed E-state index contributed by atoms with van der Waals surface area (Å²) in [6.07, 6.45) is -0.647. The van der Waals surface area contributed by atoms with Crippen molar-refractivity contribution in [3.8, 4) is 0 Å². The lowest BCUT2D eigenvalue weighted by molar-refractivity contribution is -0.140. The van der Waals surface area contributed by atoms with Crippen LogP contribution in [0.25, 0.3) is 0 Å². The largest absolute Gasteiger partial charge is 0.480 e. The molecule has 0 aromatic heterocycles. The Morgan fingerprint density at radius 3 is 2.15 bits per heavy atom. The van der Waals surface area contributed by atoms with Crippen LogP contribution in [0.3, 0.4) is 0 Å². The maximum atomic E-state index is 10.4. The van der Waals surface area contributed by atoms with Gasteiger partial charge in [-0.05, 0) is 0 Å². The quantitative estimate of drug-likeness (QED) is 0.384. The predicted molar refractivity (Wildman–Crippen MR) is 41.5 cm³/mol. The molecule has 8 nitrogen and oxygen atoms in total. The molecule has 0 fully saturated rings. The zero-order valence-corrected chi connectivity index (χ0v) is 7.24. The average Bonchev–Trinajstić information content (AvgIpc) is 1.81. The van der Waals surface area contributed by atoms with E-state index in [4.69, 9.17) is 5.11 Å². The Balaban J connectivity index is 4.45. The molecule has 0 aliphatic rings. The standard InChI is InChI=1S/C4H9N3O5S/c5-3(8)1-2(4(9)10)7-13(6,11)12/h2,7H,1H2,(H2,5,8)(H,9,10)(H2,6,11,12)/t2-/m1/s1. The molecule has 0 spiro atoms. The maximum absolute atomic E-state index is 10.4. The van der Waals surface area contributed by atoms with E-state index >= 15 is 0 Å². The first-order valence-corrected chi connectivity index (χ1v) is 4.58. The maximum Gasteiger partial charge on any atom is 0.322 e. The summed E-state index contributed by atoms with van der Waals surface area (Å²) in [6, 6.07) is -1.62. The van der Waals surface area contributed by atoms with Crippen LogP contribution in [0.2, 0.25) is 0 Å². The van der Waals surface area contributed by atoms with Crippen LogP contribution in [-0.2, 0) is 19.8 Å². The molecule has 76 valence electrons. The number of carbonyl (C=O) groups is 2. The number of amides is 1. The van der Waals surface area contributed by atoms with Gasteiger partial charge >= 0.3 is 5.97 Å². The summed E-state index contributed by atoms with van der Waals surface area (Å²) in [5.74, 6) is -2.46. The normalized spacial score (nSPS) is 13.6. The molecule has 1 amide bonds. The predicted octanol–water partition coefficient (Wildman–Crippen LogP) is -2.89. The van der Waals surface area contributed by atoms with Gasteiger partial charge in [-0.2, -0.15) is 13.1 Å². The monoisotopic (exact) mass is 211 g/mol. The van der Waals surface area contributed by atoms with E-state index in [9.17, 15) is 18.0 Å². The molecule has 0 rings (SSSR count). The molecule has 9 heteroatoms. The van der Waals surface area contributed by atoms with Crippen LogP contribution in [-0.4, -0.2) is 31.4 Å². The van der Waals surface area contributed by atoms with E-state index < -0.39 is 34.5 Å². The Morgan fingerprint density at radius 2 is 1.92 bits per heavy atom. The van der Waals surface area contributed by atoms with E-state index in [0.29, 0.717) is 0 Å². The summed E-state index contributed by atoms with van der Waals surface area (Å²) in [5, 5.41) is 12.9. The van der Waals surface area contributed by atoms with Crippen molar-refractivity contribution in [2.45, 2.75) is 12.5 Å². The van der Waals surface area contributed by atoms with Gasteiger partial charge in [0, 0.05) is 0 Å². The Bertz CT molecular complexity index is 310. The zero-order valence-electron chi connectivity index (χ0n) is 6.43. The summed E-state index contributed by atoms with van der Waals surface area (Å²) in [4.78, 5) is 20.6. The van der Waals surface area contributed by atoms with Crippen molar-refractivity contribution in [1.29, 1.82) is 0 Å². The highest BCUT2D eigenvalue weighted by Crippen LogP contribution is 1.92. The Labute approximate surface area is 74.1 Å². The van der Waals surface area contributed by atoms with Crippen molar-refractivity contribution >= 4 is 22.1 Å². The fraction of sp³-hybridized carbons (Fsp3) is 0.500. The average molecular weight is 211 g/mol. The van der Waals surface area contributed by atoms with Crippen LogP contribution in [0.5, 0.6) is 0 Å². The first-order chi connectivity index (χ1) is 5.72. The van der Waals surface area contributed by atoms with Crippen molar-refractivity contribution in [1.82, 2.24) is 4.72 Å². The van der Waals surface area contributed by atoms with Gasteiger partial charge in [0.1, 0.15) is 6.04 Å². The number of rotatable bonds is 5. The van der Waals surface area contributed by atoms with Crippen molar-refractivity contribution in [2.24, 2.45) is 10.9 Å². The Morgan fingerprint density at radius 1 is 1.46 bits per heavy atom. The second-order valence-corrected chi connectivity index (χ2v) is 3.55. The fourth-order valence-electron chi connectivity index (χ4n) is 0.579. The van der Waals surface area contributed by atoms with Gasteiger partial charge in [0.2, 0.25) is 5.91 Å². The number of carboxylic acid groups (broad SMARTS) is 1. The van der Waals surface area contributed by atoms with Crippen LogP contribution in [0.4, 0.5) is 0 Å². The minimum atomic E-state index is -4.15. The minimum absolute atomic E-state index is 0.647. The van der Waals surface area contributed by atoms with Gasteiger partial charge in [0.05, 0.1) is 6.42 Å². The summed E-state index contributed by atoms with van der Waals surface area (Å²) in [6.45, 7) is 0. The Hall–Kier alpha value is -1.19.